The van der Waals surface area contributed by atoms with Crippen molar-refractivity contribution in [3.63, 3.8) is 0 Å². The highest BCUT2D eigenvalue weighted by Gasteiger charge is 2.13. The number of nitrogens with one attached hydrogen (secondary N) is 2. The summed E-state index contributed by atoms with van der Waals surface area (Å²) in [6.07, 6.45) is 0. The summed E-state index contributed by atoms with van der Waals surface area (Å²) in [5.41, 5.74) is 4.60. The maximum Gasteiger partial charge on any atom is 0.234 e. The summed E-state index contributed by atoms with van der Waals surface area (Å²) in [7, 11) is 0. The Morgan fingerprint density at radius 2 is 1.75 bits per heavy atom. The minimum atomic E-state index is -0.0281. The number of aryl methyl sites for hydroxylation is 2. The molecule has 2 aromatic carbocycles. The molecule has 2 atom stereocenters. The van der Waals surface area contributed by atoms with E-state index in [0.717, 1.165) is 11.1 Å². The van der Waals surface area contributed by atoms with Gasteiger partial charge in [-0.3, -0.25) is 4.79 Å². The Morgan fingerprint density at radius 3 is 2.42 bits per heavy atom. The third-order valence-electron chi connectivity index (χ3n) is 4.35. The van der Waals surface area contributed by atoms with Crippen molar-refractivity contribution in [3.8, 4) is 0 Å². The first-order chi connectivity index (χ1) is 11.4. The molecule has 0 aliphatic carbocycles. The minimum absolute atomic E-state index is 0.0152. The number of rotatable bonds is 6. The Hall–Kier alpha value is -1.84. The highest BCUT2D eigenvalue weighted by Crippen LogP contribution is 2.22. The summed E-state index contributed by atoms with van der Waals surface area (Å²) in [5, 5.41) is 6.96. The molecular formula is C20H25ClN2O. The van der Waals surface area contributed by atoms with Crippen molar-refractivity contribution < 1.29 is 4.79 Å². The third kappa shape index (κ3) is 4.83. The highest BCUT2D eigenvalue weighted by molar-refractivity contribution is 6.31. The summed E-state index contributed by atoms with van der Waals surface area (Å²) in [5.74, 6) is -0.0281. The zero-order valence-corrected chi connectivity index (χ0v) is 15.4. The summed E-state index contributed by atoms with van der Waals surface area (Å²) in [6.45, 7) is 8.42. The normalized spacial score (nSPS) is 13.4. The minimum Gasteiger partial charge on any atom is -0.348 e. The molecule has 24 heavy (non-hydrogen) atoms. The molecule has 0 saturated heterocycles. The SMILES string of the molecule is Cc1ccc([C@@H](C)NC(=O)CN[C@@H](C)c2ccccc2Cl)cc1C. The fourth-order valence-corrected chi connectivity index (χ4v) is 2.89. The maximum absolute atomic E-state index is 12.2. The molecule has 1 amide bonds. The summed E-state index contributed by atoms with van der Waals surface area (Å²) < 4.78 is 0. The lowest BCUT2D eigenvalue weighted by atomic mass is 10.0. The number of carbonyl (C=O) groups is 1. The second-order valence-electron chi connectivity index (χ2n) is 6.26. The molecular weight excluding hydrogens is 320 g/mol. The van der Waals surface area contributed by atoms with Crippen LogP contribution in [0.4, 0.5) is 0 Å². The fourth-order valence-electron chi connectivity index (χ4n) is 2.59. The molecule has 2 N–H and O–H groups in total. The monoisotopic (exact) mass is 344 g/mol. The van der Waals surface area contributed by atoms with Crippen LogP contribution in [0.15, 0.2) is 42.5 Å². The van der Waals surface area contributed by atoms with E-state index in [2.05, 4.69) is 42.7 Å². The van der Waals surface area contributed by atoms with Crippen LogP contribution in [-0.2, 0) is 4.79 Å². The summed E-state index contributed by atoms with van der Waals surface area (Å²) in [6, 6.07) is 13.9. The van der Waals surface area contributed by atoms with Crippen molar-refractivity contribution >= 4 is 17.5 Å². The number of hydrogen-bond acceptors (Lipinski definition) is 2. The predicted octanol–water partition coefficient (Wildman–Crippen LogP) is 4.48. The molecule has 4 heteroatoms. The van der Waals surface area contributed by atoms with Crippen molar-refractivity contribution in [2.45, 2.75) is 39.8 Å². The summed E-state index contributed by atoms with van der Waals surface area (Å²) in [4.78, 5) is 12.2. The van der Waals surface area contributed by atoms with Gasteiger partial charge in [0.1, 0.15) is 0 Å². The molecule has 0 fully saturated rings. The Bertz CT molecular complexity index is 715. The highest BCUT2D eigenvalue weighted by atomic mass is 35.5. The first kappa shape index (κ1) is 18.5. The van der Waals surface area contributed by atoms with Gasteiger partial charge in [0.2, 0.25) is 5.91 Å². The Kier molecular flexibility index (Phi) is 6.41. The molecule has 0 heterocycles. The van der Waals surface area contributed by atoms with Gasteiger partial charge >= 0.3 is 0 Å². The van der Waals surface area contributed by atoms with Gasteiger partial charge in [-0.2, -0.15) is 0 Å². The average Bonchev–Trinajstić information content (AvgIpc) is 2.55. The fraction of sp³-hybridized carbons (Fsp3) is 0.350. The van der Waals surface area contributed by atoms with Crippen LogP contribution in [0.25, 0.3) is 0 Å². The quantitative estimate of drug-likeness (QED) is 0.810. The van der Waals surface area contributed by atoms with Gasteiger partial charge in [0.25, 0.3) is 0 Å². The number of amides is 1. The number of hydrogen-bond donors (Lipinski definition) is 2. The van der Waals surface area contributed by atoms with Crippen molar-refractivity contribution in [3.05, 3.63) is 69.7 Å². The number of halogens is 1. The van der Waals surface area contributed by atoms with Gasteiger partial charge in [-0.25, -0.2) is 0 Å². The number of benzene rings is 2. The largest absolute Gasteiger partial charge is 0.348 e. The topological polar surface area (TPSA) is 41.1 Å². The first-order valence-electron chi connectivity index (χ1n) is 8.22. The van der Waals surface area contributed by atoms with Gasteiger partial charge in [-0.05, 0) is 56.0 Å². The van der Waals surface area contributed by atoms with E-state index in [1.54, 1.807) is 0 Å². The van der Waals surface area contributed by atoms with Crippen LogP contribution in [-0.4, -0.2) is 12.5 Å². The second kappa shape index (κ2) is 8.32. The Labute approximate surface area is 149 Å². The predicted molar refractivity (Wildman–Crippen MR) is 100 cm³/mol. The molecule has 2 rings (SSSR count). The molecule has 3 nitrogen and oxygen atoms in total. The molecule has 0 aliphatic heterocycles. The van der Waals surface area contributed by atoms with Crippen LogP contribution >= 0.6 is 11.6 Å². The van der Waals surface area contributed by atoms with Crippen molar-refractivity contribution in [1.82, 2.24) is 10.6 Å². The van der Waals surface area contributed by atoms with Crippen LogP contribution < -0.4 is 10.6 Å². The smallest absolute Gasteiger partial charge is 0.234 e. The molecule has 0 aromatic heterocycles. The molecule has 0 unspecified atom stereocenters. The van der Waals surface area contributed by atoms with Gasteiger partial charge in [-0.15, -0.1) is 0 Å². The van der Waals surface area contributed by atoms with Crippen LogP contribution in [0.1, 0.15) is 48.2 Å². The van der Waals surface area contributed by atoms with Crippen molar-refractivity contribution in [1.29, 1.82) is 0 Å². The van der Waals surface area contributed by atoms with E-state index in [4.69, 9.17) is 11.6 Å². The van der Waals surface area contributed by atoms with Gasteiger partial charge in [0, 0.05) is 11.1 Å². The van der Waals surface area contributed by atoms with E-state index in [1.807, 2.05) is 38.1 Å². The zero-order valence-electron chi connectivity index (χ0n) is 14.7. The molecule has 0 aliphatic rings. The lowest BCUT2D eigenvalue weighted by Gasteiger charge is -2.18. The standard InChI is InChI=1S/C20H25ClN2O/c1-13-9-10-17(11-14(13)2)15(3)23-20(24)12-22-16(4)18-7-5-6-8-19(18)21/h5-11,15-16,22H,12H2,1-4H3,(H,23,24)/t15-,16+/m1/s1. The van der Waals surface area contributed by atoms with E-state index >= 15 is 0 Å². The van der Waals surface area contributed by atoms with E-state index in [0.29, 0.717) is 5.02 Å². The van der Waals surface area contributed by atoms with Crippen LogP contribution in [0, 0.1) is 13.8 Å². The van der Waals surface area contributed by atoms with E-state index < -0.39 is 0 Å². The van der Waals surface area contributed by atoms with E-state index in [9.17, 15) is 4.79 Å². The Morgan fingerprint density at radius 1 is 1.04 bits per heavy atom. The van der Waals surface area contributed by atoms with Crippen LogP contribution in [0.2, 0.25) is 5.02 Å². The van der Waals surface area contributed by atoms with E-state index in [-0.39, 0.29) is 24.5 Å². The molecule has 0 radical (unpaired) electrons. The van der Waals surface area contributed by atoms with Gasteiger partial charge in [0.15, 0.2) is 0 Å². The molecule has 128 valence electrons. The molecule has 0 saturated carbocycles. The molecule has 2 aromatic rings. The van der Waals surface area contributed by atoms with Gasteiger partial charge in [-0.1, -0.05) is 48.0 Å². The maximum atomic E-state index is 12.2. The van der Waals surface area contributed by atoms with Crippen LogP contribution in [0.3, 0.4) is 0 Å². The summed E-state index contributed by atoms with van der Waals surface area (Å²) >= 11 is 6.19. The van der Waals surface area contributed by atoms with Crippen LogP contribution in [0.5, 0.6) is 0 Å². The number of carbonyl (C=O) groups excluding carboxylic acids is 1. The lowest BCUT2D eigenvalue weighted by Crippen LogP contribution is -2.36. The second-order valence-corrected chi connectivity index (χ2v) is 6.66. The van der Waals surface area contributed by atoms with Crippen molar-refractivity contribution in [2.24, 2.45) is 0 Å². The lowest BCUT2D eigenvalue weighted by molar-refractivity contribution is -0.121. The Balaban J connectivity index is 1.88. The molecule has 0 bridgehead atoms. The van der Waals surface area contributed by atoms with E-state index in [1.165, 1.54) is 11.1 Å². The van der Waals surface area contributed by atoms with Crippen molar-refractivity contribution in [2.75, 3.05) is 6.54 Å². The molecule has 0 spiro atoms. The zero-order chi connectivity index (χ0) is 17.7. The third-order valence-corrected chi connectivity index (χ3v) is 4.69. The first-order valence-corrected chi connectivity index (χ1v) is 8.60. The van der Waals surface area contributed by atoms with Gasteiger partial charge in [0.05, 0.1) is 12.6 Å². The van der Waals surface area contributed by atoms with Gasteiger partial charge < -0.3 is 10.6 Å². The average molecular weight is 345 g/mol.